The van der Waals surface area contributed by atoms with E-state index >= 15 is 0 Å². The summed E-state index contributed by atoms with van der Waals surface area (Å²) in [5, 5.41) is 2.86. The van der Waals surface area contributed by atoms with Crippen molar-refractivity contribution in [1.29, 1.82) is 0 Å². The molecule has 0 aliphatic carbocycles. The first-order chi connectivity index (χ1) is 14.0. The molecule has 0 spiro atoms. The fourth-order valence-corrected chi connectivity index (χ4v) is 3.48. The van der Waals surface area contributed by atoms with Crippen LogP contribution in [0.25, 0.3) is 0 Å². The summed E-state index contributed by atoms with van der Waals surface area (Å²) in [4.78, 5) is 25.8. The number of carbonyl (C=O) groups excluding carboxylic acids is 2. The zero-order valence-corrected chi connectivity index (χ0v) is 17.2. The van der Waals surface area contributed by atoms with Crippen LogP contribution in [-0.2, 0) is 16.0 Å². The molecule has 0 saturated carbocycles. The molecule has 6 heteroatoms. The minimum absolute atomic E-state index is 0.0520. The van der Waals surface area contributed by atoms with Crippen LogP contribution in [0.2, 0.25) is 0 Å². The topological polar surface area (TPSA) is 67.9 Å². The van der Waals surface area contributed by atoms with E-state index in [0.717, 1.165) is 34.7 Å². The highest BCUT2D eigenvalue weighted by Gasteiger charge is 2.20. The van der Waals surface area contributed by atoms with Crippen molar-refractivity contribution in [3.63, 3.8) is 0 Å². The maximum Gasteiger partial charge on any atom is 0.224 e. The Morgan fingerprint density at radius 1 is 1.21 bits per heavy atom. The van der Waals surface area contributed by atoms with Crippen molar-refractivity contribution in [3.8, 4) is 11.5 Å². The number of benzene rings is 2. The van der Waals surface area contributed by atoms with Crippen molar-refractivity contribution < 1.29 is 19.1 Å². The number of methoxy groups -OCH3 is 1. The molecule has 0 bridgehead atoms. The smallest absolute Gasteiger partial charge is 0.224 e. The SMILES string of the molecule is COc1ccccc1C(C)N(C)C(=O)CCCOc1ccc2c(c1)CCC(=O)N2. The summed E-state index contributed by atoms with van der Waals surface area (Å²) >= 11 is 0. The molecule has 6 nitrogen and oxygen atoms in total. The Balaban J connectivity index is 1.48. The monoisotopic (exact) mass is 396 g/mol. The first kappa shape index (κ1) is 20.7. The lowest BCUT2D eigenvalue weighted by atomic mass is 10.0. The molecule has 2 amide bonds. The van der Waals surface area contributed by atoms with E-state index in [-0.39, 0.29) is 17.9 Å². The number of rotatable bonds is 8. The van der Waals surface area contributed by atoms with Crippen LogP contribution in [-0.4, -0.2) is 37.5 Å². The van der Waals surface area contributed by atoms with Gasteiger partial charge in [-0.25, -0.2) is 0 Å². The second-order valence-corrected chi connectivity index (χ2v) is 7.24. The molecule has 0 saturated heterocycles. The number of amides is 2. The molecule has 3 rings (SSSR count). The predicted octanol–water partition coefficient (Wildman–Crippen LogP) is 3.96. The molecular formula is C23H28N2O4. The standard InChI is InChI=1S/C23H28N2O4/c1-16(19-7-4-5-8-21(19)28-3)25(2)23(27)9-6-14-29-18-11-12-20-17(15-18)10-13-22(26)24-20/h4-5,7-8,11-12,15-16H,6,9-10,13-14H2,1-3H3,(H,24,26). The molecule has 1 heterocycles. The van der Waals surface area contributed by atoms with Crippen molar-refractivity contribution in [1.82, 2.24) is 4.90 Å². The molecular weight excluding hydrogens is 368 g/mol. The predicted molar refractivity (Wildman–Crippen MR) is 112 cm³/mol. The largest absolute Gasteiger partial charge is 0.496 e. The summed E-state index contributed by atoms with van der Waals surface area (Å²) in [6.07, 6.45) is 2.27. The van der Waals surface area contributed by atoms with E-state index in [1.54, 1.807) is 12.0 Å². The van der Waals surface area contributed by atoms with Crippen LogP contribution in [0.4, 0.5) is 5.69 Å². The van der Waals surface area contributed by atoms with Crippen molar-refractivity contribution in [2.75, 3.05) is 26.1 Å². The lowest BCUT2D eigenvalue weighted by Gasteiger charge is -2.26. The Morgan fingerprint density at radius 3 is 2.79 bits per heavy atom. The Labute approximate surface area is 171 Å². The summed E-state index contributed by atoms with van der Waals surface area (Å²) in [6, 6.07) is 13.4. The second-order valence-electron chi connectivity index (χ2n) is 7.24. The van der Waals surface area contributed by atoms with Crippen LogP contribution in [0.3, 0.4) is 0 Å². The van der Waals surface area contributed by atoms with Gasteiger partial charge >= 0.3 is 0 Å². The summed E-state index contributed by atoms with van der Waals surface area (Å²) in [6.45, 7) is 2.46. The molecule has 1 aliphatic rings. The number of anilines is 1. The van der Waals surface area contributed by atoms with Crippen LogP contribution >= 0.6 is 0 Å². The second kappa shape index (κ2) is 9.45. The maximum atomic E-state index is 12.6. The summed E-state index contributed by atoms with van der Waals surface area (Å²) < 4.78 is 11.2. The highest BCUT2D eigenvalue weighted by molar-refractivity contribution is 5.94. The number of hydrogen-bond donors (Lipinski definition) is 1. The van der Waals surface area contributed by atoms with Crippen LogP contribution in [0, 0.1) is 0 Å². The summed E-state index contributed by atoms with van der Waals surface area (Å²) in [5.74, 6) is 1.67. The third-order valence-corrected chi connectivity index (χ3v) is 5.34. The number of para-hydroxylation sites is 1. The van der Waals surface area contributed by atoms with E-state index in [0.29, 0.717) is 25.9 Å². The molecule has 1 unspecified atom stereocenters. The Bertz CT molecular complexity index is 881. The lowest BCUT2D eigenvalue weighted by Crippen LogP contribution is -2.30. The molecule has 154 valence electrons. The van der Waals surface area contributed by atoms with Gasteiger partial charge in [0.15, 0.2) is 0 Å². The van der Waals surface area contributed by atoms with Crippen molar-refractivity contribution >= 4 is 17.5 Å². The van der Waals surface area contributed by atoms with Gasteiger partial charge in [-0.15, -0.1) is 0 Å². The first-order valence-electron chi connectivity index (χ1n) is 9.93. The van der Waals surface area contributed by atoms with Crippen LogP contribution < -0.4 is 14.8 Å². The average Bonchev–Trinajstić information content (AvgIpc) is 2.75. The molecule has 2 aromatic carbocycles. The molecule has 29 heavy (non-hydrogen) atoms. The van der Waals surface area contributed by atoms with Gasteiger partial charge in [-0.3, -0.25) is 9.59 Å². The van der Waals surface area contributed by atoms with Crippen molar-refractivity contribution in [2.24, 2.45) is 0 Å². The van der Waals surface area contributed by atoms with Gasteiger partial charge in [-0.2, -0.15) is 0 Å². The number of aryl methyl sites for hydroxylation is 1. The third kappa shape index (κ3) is 5.08. The number of nitrogens with one attached hydrogen (secondary N) is 1. The van der Waals surface area contributed by atoms with E-state index in [1.165, 1.54) is 0 Å². The van der Waals surface area contributed by atoms with Gasteiger partial charge in [0.2, 0.25) is 11.8 Å². The average molecular weight is 396 g/mol. The number of carbonyl (C=O) groups is 2. The number of nitrogens with zero attached hydrogens (tertiary/aromatic N) is 1. The summed E-state index contributed by atoms with van der Waals surface area (Å²) in [5.41, 5.74) is 2.93. The number of fused-ring (bicyclic) bond motifs is 1. The third-order valence-electron chi connectivity index (χ3n) is 5.34. The quantitative estimate of drug-likeness (QED) is 0.686. The van der Waals surface area contributed by atoms with E-state index in [4.69, 9.17) is 9.47 Å². The molecule has 0 radical (unpaired) electrons. The van der Waals surface area contributed by atoms with Gasteiger partial charge < -0.3 is 19.7 Å². The van der Waals surface area contributed by atoms with Crippen LogP contribution in [0.1, 0.15) is 43.4 Å². The molecule has 0 fully saturated rings. The first-order valence-corrected chi connectivity index (χ1v) is 9.93. The normalized spacial score (nSPS) is 13.8. The van der Waals surface area contributed by atoms with Gasteiger partial charge in [0, 0.05) is 31.1 Å². The minimum atomic E-state index is -0.0737. The molecule has 0 aromatic heterocycles. The molecule has 1 atom stereocenters. The highest BCUT2D eigenvalue weighted by Crippen LogP contribution is 2.29. The van der Waals surface area contributed by atoms with Gasteiger partial charge in [-0.05, 0) is 49.6 Å². The number of ether oxygens (including phenoxy) is 2. The molecule has 1 aliphatic heterocycles. The van der Waals surface area contributed by atoms with E-state index in [2.05, 4.69) is 5.32 Å². The zero-order chi connectivity index (χ0) is 20.8. The lowest BCUT2D eigenvalue weighted by molar-refractivity contribution is -0.132. The highest BCUT2D eigenvalue weighted by atomic mass is 16.5. The van der Waals surface area contributed by atoms with Crippen LogP contribution in [0.5, 0.6) is 11.5 Å². The van der Waals surface area contributed by atoms with Gasteiger partial charge in [-0.1, -0.05) is 18.2 Å². The summed E-state index contributed by atoms with van der Waals surface area (Å²) in [7, 11) is 3.46. The molecule has 2 aromatic rings. The number of hydrogen-bond acceptors (Lipinski definition) is 4. The molecule has 1 N–H and O–H groups in total. The maximum absolute atomic E-state index is 12.6. The van der Waals surface area contributed by atoms with Gasteiger partial charge in [0.1, 0.15) is 11.5 Å². The van der Waals surface area contributed by atoms with Gasteiger partial charge in [0.25, 0.3) is 0 Å². The van der Waals surface area contributed by atoms with E-state index < -0.39 is 0 Å². The van der Waals surface area contributed by atoms with Crippen molar-refractivity contribution in [2.45, 2.75) is 38.6 Å². The Kier molecular flexibility index (Phi) is 6.75. The fourth-order valence-electron chi connectivity index (χ4n) is 3.48. The Hall–Kier alpha value is -3.02. The van der Waals surface area contributed by atoms with Crippen molar-refractivity contribution in [3.05, 3.63) is 53.6 Å². The fraction of sp³-hybridized carbons (Fsp3) is 0.391. The van der Waals surface area contributed by atoms with E-state index in [9.17, 15) is 9.59 Å². The van der Waals surface area contributed by atoms with Gasteiger partial charge in [0.05, 0.1) is 19.8 Å². The zero-order valence-electron chi connectivity index (χ0n) is 17.2. The Morgan fingerprint density at radius 2 is 2.00 bits per heavy atom. The van der Waals surface area contributed by atoms with Crippen LogP contribution in [0.15, 0.2) is 42.5 Å². The minimum Gasteiger partial charge on any atom is -0.496 e. The van der Waals surface area contributed by atoms with E-state index in [1.807, 2.05) is 56.4 Å².